The maximum Gasteiger partial charge on any atom is 0.338 e. The molecule has 1 rings (SSSR count). The molecule has 0 unspecified atom stereocenters. The highest BCUT2D eigenvalue weighted by Gasteiger charge is 2.10. The van der Waals surface area contributed by atoms with Crippen molar-refractivity contribution in [3.8, 4) is 0 Å². The number of methoxy groups -OCH3 is 1. The smallest absolute Gasteiger partial charge is 0.338 e. The van der Waals surface area contributed by atoms with Gasteiger partial charge in [0.1, 0.15) is 0 Å². The summed E-state index contributed by atoms with van der Waals surface area (Å²) in [6.07, 6.45) is 0. The van der Waals surface area contributed by atoms with Crippen molar-refractivity contribution >= 4 is 21.9 Å². The molecule has 70 valence electrons. The zero-order valence-electron chi connectivity index (χ0n) is 7.85. The van der Waals surface area contributed by atoms with E-state index in [0.29, 0.717) is 5.56 Å². The molecule has 0 aromatic heterocycles. The Bertz CT molecular complexity index is 345. The van der Waals surface area contributed by atoms with Crippen LogP contribution in [0.15, 0.2) is 16.6 Å². The van der Waals surface area contributed by atoms with E-state index in [0.717, 1.165) is 15.6 Å². The van der Waals surface area contributed by atoms with E-state index < -0.39 is 0 Å². The average molecular weight is 243 g/mol. The van der Waals surface area contributed by atoms with Crippen molar-refractivity contribution in [3.63, 3.8) is 0 Å². The minimum absolute atomic E-state index is 0.284. The van der Waals surface area contributed by atoms with Crippen LogP contribution in [0.5, 0.6) is 0 Å². The largest absolute Gasteiger partial charge is 0.465 e. The molecule has 0 radical (unpaired) electrons. The minimum atomic E-state index is -0.284. The van der Waals surface area contributed by atoms with Crippen LogP contribution in [0.2, 0.25) is 0 Å². The molecule has 0 N–H and O–H groups in total. The molecular weight excluding hydrogens is 232 g/mol. The molecule has 3 heteroatoms. The maximum atomic E-state index is 11.3. The molecule has 0 amide bonds. The number of ether oxygens (including phenoxy) is 1. The fraction of sp³-hybridized carbons (Fsp3) is 0.300. The molecule has 0 fully saturated rings. The van der Waals surface area contributed by atoms with Gasteiger partial charge >= 0.3 is 5.97 Å². The van der Waals surface area contributed by atoms with Crippen molar-refractivity contribution in [2.24, 2.45) is 0 Å². The van der Waals surface area contributed by atoms with Gasteiger partial charge in [-0.3, -0.25) is 0 Å². The zero-order valence-corrected chi connectivity index (χ0v) is 9.44. The van der Waals surface area contributed by atoms with E-state index in [9.17, 15) is 4.79 Å². The number of benzene rings is 1. The van der Waals surface area contributed by atoms with Gasteiger partial charge in [0.2, 0.25) is 0 Å². The summed E-state index contributed by atoms with van der Waals surface area (Å²) in [5.74, 6) is -0.284. The number of carbonyl (C=O) groups excluding carboxylic acids is 1. The fourth-order valence-electron chi connectivity index (χ4n) is 1.11. The van der Waals surface area contributed by atoms with Gasteiger partial charge in [0.25, 0.3) is 0 Å². The molecule has 0 spiro atoms. The number of hydrogen-bond acceptors (Lipinski definition) is 2. The van der Waals surface area contributed by atoms with Crippen LogP contribution >= 0.6 is 15.9 Å². The van der Waals surface area contributed by atoms with E-state index in [4.69, 9.17) is 0 Å². The predicted octanol–water partition coefficient (Wildman–Crippen LogP) is 2.85. The van der Waals surface area contributed by atoms with Gasteiger partial charge in [-0.05, 0) is 37.1 Å². The van der Waals surface area contributed by atoms with Crippen LogP contribution in [-0.4, -0.2) is 13.1 Å². The van der Waals surface area contributed by atoms with Gasteiger partial charge in [-0.25, -0.2) is 4.79 Å². The van der Waals surface area contributed by atoms with Gasteiger partial charge in [-0.15, -0.1) is 0 Å². The second kappa shape index (κ2) is 3.92. The second-order valence-corrected chi connectivity index (χ2v) is 3.76. The molecule has 0 bridgehead atoms. The van der Waals surface area contributed by atoms with E-state index >= 15 is 0 Å². The van der Waals surface area contributed by atoms with Crippen molar-refractivity contribution in [2.45, 2.75) is 13.8 Å². The van der Waals surface area contributed by atoms with Crippen LogP contribution in [0.4, 0.5) is 0 Å². The molecule has 2 nitrogen and oxygen atoms in total. The van der Waals surface area contributed by atoms with Gasteiger partial charge in [-0.2, -0.15) is 0 Å². The van der Waals surface area contributed by atoms with Crippen LogP contribution in [-0.2, 0) is 4.74 Å². The van der Waals surface area contributed by atoms with Gasteiger partial charge in [0.05, 0.1) is 12.7 Å². The number of carbonyl (C=O) groups is 1. The van der Waals surface area contributed by atoms with Gasteiger partial charge < -0.3 is 4.74 Å². The highest BCUT2D eigenvalue weighted by atomic mass is 79.9. The van der Waals surface area contributed by atoms with Gasteiger partial charge in [-0.1, -0.05) is 15.9 Å². The van der Waals surface area contributed by atoms with Crippen LogP contribution in [0.1, 0.15) is 21.5 Å². The SMILES string of the molecule is COC(=O)c1cc(C)c(Br)cc1C. The van der Waals surface area contributed by atoms with Crippen molar-refractivity contribution in [3.05, 3.63) is 33.3 Å². The number of rotatable bonds is 1. The number of esters is 1. The van der Waals surface area contributed by atoms with Crippen molar-refractivity contribution in [1.29, 1.82) is 0 Å². The zero-order chi connectivity index (χ0) is 10.0. The summed E-state index contributed by atoms with van der Waals surface area (Å²) in [6.45, 7) is 3.83. The van der Waals surface area contributed by atoms with Crippen molar-refractivity contribution in [2.75, 3.05) is 7.11 Å². The van der Waals surface area contributed by atoms with Crippen molar-refractivity contribution in [1.82, 2.24) is 0 Å². The molecule has 0 saturated heterocycles. The molecule has 0 aliphatic heterocycles. The van der Waals surface area contributed by atoms with Crippen LogP contribution < -0.4 is 0 Å². The van der Waals surface area contributed by atoms with Crippen molar-refractivity contribution < 1.29 is 9.53 Å². The Morgan fingerprint density at radius 2 is 1.92 bits per heavy atom. The molecule has 0 aliphatic rings. The average Bonchev–Trinajstić information content (AvgIpc) is 2.10. The third-order valence-electron chi connectivity index (χ3n) is 1.91. The van der Waals surface area contributed by atoms with Gasteiger partial charge in [0.15, 0.2) is 0 Å². The summed E-state index contributed by atoms with van der Waals surface area (Å²) in [4.78, 5) is 11.3. The lowest BCUT2D eigenvalue weighted by atomic mass is 10.1. The fourth-order valence-corrected chi connectivity index (χ4v) is 1.57. The van der Waals surface area contributed by atoms with E-state index in [-0.39, 0.29) is 5.97 Å². The Morgan fingerprint density at radius 3 is 2.46 bits per heavy atom. The van der Waals surface area contributed by atoms with Crippen LogP contribution in [0, 0.1) is 13.8 Å². The highest BCUT2D eigenvalue weighted by molar-refractivity contribution is 9.10. The van der Waals surface area contributed by atoms with Gasteiger partial charge in [0, 0.05) is 4.47 Å². The summed E-state index contributed by atoms with van der Waals surface area (Å²) in [5.41, 5.74) is 2.58. The Labute approximate surface area is 86.0 Å². The highest BCUT2D eigenvalue weighted by Crippen LogP contribution is 2.21. The Morgan fingerprint density at radius 1 is 1.31 bits per heavy atom. The lowest BCUT2D eigenvalue weighted by molar-refractivity contribution is 0.0600. The molecule has 1 aromatic rings. The summed E-state index contributed by atoms with van der Waals surface area (Å²) in [5, 5.41) is 0. The third-order valence-corrected chi connectivity index (χ3v) is 2.77. The molecule has 0 atom stereocenters. The van der Waals surface area contributed by atoms with Crippen LogP contribution in [0.3, 0.4) is 0 Å². The number of aryl methyl sites for hydroxylation is 2. The first-order valence-electron chi connectivity index (χ1n) is 3.91. The lowest BCUT2D eigenvalue weighted by Crippen LogP contribution is -2.04. The van der Waals surface area contributed by atoms with E-state index in [1.165, 1.54) is 7.11 Å². The Balaban J connectivity index is 3.23. The topological polar surface area (TPSA) is 26.3 Å². The lowest BCUT2D eigenvalue weighted by Gasteiger charge is -2.06. The first-order chi connectivity index (χ1) is 6.06. The summed E-state index contributed by atoms with van der Waals surface area (Å²) in [6, 6.07) is 3.74. The molecule has 0 saturated carbocycles. The monoisotopic (exact) mass is 242 g/mol. The van der Waals surface area contributed by atoms with Crippen LogP contribution in [0.25, 0.3) is 0 Å². The standard InChI is InChI=1S/C10H11BrO2/c1-6-5-9(11)7(2)4-8(6)10(12)13-3/h4-5H,1-3H3. The Kier molecular flexibility index (Phi) is 3.09. The molecule has 1 aromatic carbocycles. The number of halogens is 1. The first-order valence-corrected chi connectivity index (χ1v) is 4.70. The molecule has 0 aliphatic carbocycles. The second-order valence-electron chi connectivity index (χ2n) is 2.91. The predicted molar refractivity (Wildman–Crippen MR) is 55.0 cm³/mol. The number of hydrogen-bond donors (Lipinski definition) is 0. The first kappa shape index (κ1) is 10.3. The van der Waals surface area contributed by atoms with E-state index in [1.807, 2.05) is 26.0 Å². The van der Waals surface area contributed by atoms with E-state index in [2.05, 4.69) is 20.7 Å². The summed E-state index contributed by atoms with van der Waals surface area (Å²) < 4.78 is 5.67. The Hall–Kier alpha value is -0.830. The summed E-state index contributed by atoms with van der Waals surface area (Å²) in [7, 11) is 1.39. The maximum absolute atomic E-state index is 11.3. The third kappa shape index (κ3) is 2.10. The summed E-state index contributed by atoms with van der Waals surface area (Å²) >= 11 is 3.40. The minimum Gasteiger partial charge on any atom is -0.465 e. The molecule has 13 heavy (non-hydrogen) atoms. The molecule has 0 heterocycles. The molecular formula is C10H11BrO2. The van der Waals surface area contributed by atoms with E-state index in [1.54, 1.807) is 0 Å². The normalized spacial score (nSPS) is 9.85. The quantitative estimate of drug-likeness (QED) is 0.709.